The normalized spacial score (nSPS) is 11.8. The second kappa shape index (κ2) is 6.26. The zero-order chi connectivity index (χ0) is 15.5. The first kappa shape index (κ1) is 15.5. The third kappa shape index (κ3) is 4.56. The lowest BCUT2D eigenvalue weighted by molar-refractivity contribution is 0.151. The summed E-state index contributed by atoms with van der Waals surface area (Å²) in [6.07, 6.45) is -2.56. The van der Waals surface area contributed by atoms with Gasteiger partial charge in [-0.2, -0.15) is 10.2 Å². The molecule has 4 nitrogen and oxygen atoms in total. The predicted molar refractivity (Wildman–Crippen MR) is 74.5 cm³/mol. The summed E-state index contributed by atoms with van der Waals surface area (Å²) in [5.74, 6) is -0.442. The van der Waals surface area contributed by atoms with Crippen LogP contribution in [-0.2, 0) is 21.3 Å². The molecule has 0 saturated heterocycles. The Morgan fingerprint density at radius 1 is 1.00 bits per heavy atom. The van der Waals surface area contributed by atoms with Gasteiger partial charge in [-0.1, -0.05) is 24.3 Å². The Kier molecular flexibility index (Phi) is 4.62. The van der Waals surface area contributed by atoms with Gasteiger partial charge in [-0.15, -0.1) is 0 Å². The minimum atomic E-state index is -3.42. The van der Waals surface area contributed by atoms with E-state index in [1.807, 2.05) is 0 Å². The summed E-state index contributed by atoms with van der Waals surface area (Å²) in [4.78, 5) is 0. The number of benzene rings is 1. The monoisotopic (exact) mass is 312 g/mol. The fraction of sp³-hybridized carbons (Fsp3) is 0.286. The molecule has 0 amide bonds. The van der Waals surface area contributed by atoms with Gasteiger partial charge < -0.3 is 0 Å². The second-order valence-corrected chi connectivity index (χ2v) is 6.81. The van der Waals surface area contributed by atoms with E-state index < -0.39 is 16.3 Å². The smallest absolute Gasteiger partial charge is 0.228 e. The van der Waals surface area contributed by atoms with Gasteiger partial charge in [0.2, 0.25) is 0 Å². The molecule has 112 valence electrons. The first-order chi connectivity index (χ1) is 9.85. The highest BCUT2D eigenvalue weighted by Crippen LogP contribution is 2.20. The van der Waals surface area contributed by atoms with Crippen molar-refractivity contribution in [1.29, 1.82) is 0 Å². The molecule has 21 heavy (non-hydrogen) atoms. The number of halogens is 2. The molecule has 0 aliphatic heterocycles. The van der Waals surface area contributed by atoms with Crippen LogP contribution in [0.15, 0.2) is 36.4 Å². The Morgan fingerprint density at radius 3 is 2.19 bits per heavy atom. The molecule has 0 fully saturated rings. The molecule has 0 unspecified atom stereocenters. The summed E-state index contributed by atoms with van der Waals surface area (Å²) in [7, 11) is -3.42. The SMILES string of the molecule is Cc1ccc(CS(=O)(=O)Cc2ccc(C(F)F)cc2)nn1. The molecule has 0 aliphatic carbocycles. The summed E-state index contributed by atoms with van der Waals surface area (Å²) in [5, 5.41) is 7.62. The predicted octanol–water partition coefficient (Wildman–Crippen LogP) is 2.84. The van der Waals surface area contributed by atoms with Crippen LogP contribution < -0.4 is 0 Å². The van der Waals surface area contributed by atoms with Crippen LogP contribution in [0, 0.1) is 6.92 Å². The molecule has 1 heterocycles. The van der Waals surface area contributed by atoms with Crippen molar-refractivity contribution < 1.29 is 17.2 Å². The van der Waals surface area contributed by atoms with E-state index in [1.165, 1.54) is 24.3 Å². The molecule has 0 saturated carbocycles. The zero-order valence-corrected chi connectivity index (χ0v) is 12.1. The number of sulfone groups is 1. The van der Waals surface area contributed by atoms with Gasteiger partial charge in [-0.3, -0.25) is 0 Å². The number of hydrogen-bond donors (Lipinski definition) is 0. The maximum absolute atomic E-state index is 12.4. The van der Waals surface area contributed by atoms with Crippen LogP contribution >= 0.6 is 0 Å². The zero-order valence-electron chi connectivity index (χ0n) is 11.3. The molecule has 0 atom stereocenters. The Bertz CT molecular complexity index is 699. The first-order valence-electron chi connectivity index (χ1n) is 6.22. The number of hydrogen-bond acceptors (Lipinski definition) is 4. The highest BCUT2D eigenvalue weighted by Gasteiger charge is 2.15. The molecular weight excluding hydrogens is 298 g/mol. The van der Waals surface area contributed by atoms with Crippen molar-refractivity contribution in [1.82, 2.24) is 10.2 Å². The Morgan fingerprint density at radius 2 is 1.67 bits per heavy atom. The standard InChI is InChI=1S/C14H14F2N2O2S/c1-10-2-7-13(18-17-10)9-21(19,20)8-11-3-5-12(6-4-11)14(15)16/h2-7,14H,8-9H2,1H3. The fourth-order valence-electron chi connectivity index (χ4n) is 1.79. The number of aromatic nitrogens is 2. The van der Waals surface area contributed by atoms with Crippen LogP contribution in [0.25, 0.3) is 0 Å². The second-order valence-electron chi connectivity index (χ2n) is 4.74. The number of rotatable bonds is 5. The first-order valence-corrected chi connectivity index (χ1v) is 8.04. The van der Waals surface area contributed by atoms with Gasteiger partial charge in [0.05, 0.1) is 22.9 Å². The average Bonchev–Trinajstić information content (AvgIpc) is 2.41. The molecule has 7 heteroatoms. The molecule has 1 aromatic carbocycles. The van der Waals surface area contributed by atoms with Crippen molar-refractivity contribution in [2.45, 2.75) is 24.9 Å². The lowest BCUT2D eigenvalue weighted by Gasteiger charge is -2.05. The minimum absolute atomic E-state index is 0.124. The molecule has 2 aromatic rings. The molecule has 0 radical (unpaired) electrons. The molecule has 0 aliphatic rings. The van der Waals surface area contributed by atoms with Gasteiger partial charge >= 0.3 is 0 Å². The van der Waals surface area contributed by atoms with E-state index in [0.717, 1.165) is 0 Å². The summed E-state index contributed by atoms with van der Waals surface area (Å²) in [6, 6.07) is 8.58. The van der Waals surface area contributed by atoms with Gasteiger partial charge in [-0.25, -0.2) is 17.2 Å². The molecule has 0 N–H and O–H groups in total. The Balaban J connectivity index is 2.08. The summed E-state index contributed by atoms with van der Waals surface area (Å²) >= 11 is 0. The van der Waals surface area contributed by atoms with Crippen molar-refractivity contribution in [2.75, 3.05) is 0 Å². The van der Waals surface area contributed by atoms with E-state index in [1.54, 1.807) is 19.1 Å². The van der Waals surface area contributed by atoms with Gasteiger partial charge in [0.25, 0.3) is 6.43 Å². The van der Waals surface area contributed by atoms with Gasteiger partial charge in [0, 0.05) is 5.56 Å². The van der Waals surface area contributed by atoms with Gasteiger partial charge in [0.1, 0.15) is 0 Å². The van der Waals surface area contributed by atoms with Crippen LogP contribution in [0.1, 0.15) is 28.9 Å². The number of aryl methyl sites for hydroxylation is 1. The third-order valence-corrected chi connectivity index (χ3v) is 4.35. The number of nitrogens with zero attached hydrogens (tertiary/aromatic N) is 2. The van der Waals surface area contributed by atoms with Crippen LogP contribution in [0.2, 0.25) is 0 Å². The van der Waals surface area contributed by atoms with E-state index >= 15 is 0 Å². The van der Waals surface area contributed by atoms with Crippen LogP contribution in [0.4, 0.5) is 8.78 Å². The van der Waals surface area contributed by atoms with Crippen molar-refractivity contribution >= 4 is 9.84 Å². The molecule has 0 spiro atoms. The summed E-state index contributed by atoms with van der Waals surface area (Å²) < 4.78 is 49.0. The Labute approximate surface area is 121 Å². The third-order valence-electron chi connectivity index (χ3n) is 2.84. The maximum atomic E-state index is 12.4. The van der Waals surface area contributed by atoms with Crippen molar-refractivity contribution in [3.63, 3.8) is 0 Å². The minimum Gasteiger partial charge on any atom is -0.228 e. The van der Waals surface area contributed by atoms with Crippen LogP contribution in [-0.4, -0.2) is 18.6 Å². The highest BCUT2D eigenvalue weighted by atomic mass is 32.2. The number of alkyl halides is 2. The van der Waals surface area contributed by atoms with E-state index in [0.29, 0.717) is 17.0 Å². The summed E-state index contributed by atoms with van der Waals surface area (Å²) in [5.41, 5.74) is 1.42. The van der Waals surface area contributed by atoms with Gasteiger partial charge in [0.15, 0.2) is 9.84 Å². The average molecular weight is 312 g/mol. The van der Waals surface area contributed by atoms with E-state index in [9.17, 15) is 17.2 Å². The lowest BCUT2D eigenvalue weighted by Crippen LogP contribution is -2.09. The van der Waals surface area contributed by atoms with Crippen molar-refractivity contribution in [2.24, 2.45) is 0 Å². The molecule has 2 rings (SSSR count). The lowest BCUT2D eigenvalue weighted by atomic mass is 10.2. The largest absolute Gasteiger partial charge is 0.263 e. The molecular formula is C14H14F2N2O2S. The maximum Gasteiger partial charge on any atom is 0.263 e. The van der Waals surface area contributed by atoms with E-state index in [-0.39, 0.29) is 17.1 Å². The topological polar surface area (TPSA) is 59.9 Å². The highest BCUT2D eigenvalue weighted by molar-refractivity contribution is 7.89. The van der Waals surface area contributed by atoms with E-state index in [4.69, 9.17) is 0 Å². The molecule has 1 aromatic heterocycles. The van der Waals surface area contributed by atoms with E-state index in [2.05, 4.69) is 10.2 Å². The molecule has 0 bridgehead atoms. The van der Waals surface area contributed by atoms with Crippen LogP contribution in [0.3, 0.4) is 0 Å². The van der Waals surface area contributed by atoms with Crippen molar-refractivity contribution in [3.05, 3.63) is 58.9 Å². The van der Waals surface area contributed by atoms with Gasteiger partial charge in [-0.05, 0) is 24.6 Å². The fourth-order valence-corrected chi connectivity index (χ4v) is 3.20. The summed E-state index contributed by atoms with van der Waals surface area (Å²) in [6.45, 7) is 1.76. The van der Waals surface area contributed by atoms with Crippen LogP contribution in [0.5, 0.6) is 0 Å². The Hall–Kier alpha value is -1.89. The van der Waals surface area contributed by atoms with Crippen molar-refractivity contribution in [3.8, 4) is 0 Å². The quantitative estimate of drug-likeness (QED) is 0.852.